The quantitative estimate of drug-likeness (QED) is 0.847. The second-order valence-electron chi connectivity index (χ2n) is 3.93. The number of hydrogen-bond acceptors (Lipinski definition) is 2. The van der Waals surface area contributed by atoms with Gasteiger partial charge in [-0.05, 0) is 6.07 Å². The van der Waals surface area contributed by atoms with Crippen molar-refractivity contribution in [2.45, 2.75) is 18.1 Å². The molecule has 0 aliphatic carbocycles. The zero-order valence-corrected chi connectivity index (χ0v) is 8.42. The number of para-hydroxylation sites is 1. The Balaban J connectivity index is 2.45. The maximum absolute atomic E-state index is 13.4. The Labute approximate surface area is 90.7 Å². The Morgan fingerprint density at radius 3 is 2.69 bits per heavy atom. The first-order valence-electron chi connectivity index (χ1n) is 4.89. The summed E-state index contributed by atoms with van der Waals surface area (Å²) in [6.45, 7) is -2.21. The van der Waals surface area contributed by atoms with Gasteiger partial charge in [0.25, 0.3) is 0 Å². The first kappa shape index (κ1) is 11.3. The van der Waals surface area contributed by atoms with Crippen molar-refractivity contribution >= 4 is 0 Å². The lowest BCUT2D eigenvalue weighted by Crippen LogP contribution is -2.45. The molecule has 1 unspecified atom stereocenters. The molecule has 1 atom stereocenters. The SMILES string of the molecule is OC1CC(CF)(CF)Oc2c(F)cccc21. The maximum atomic E-state index is 13.4. The van der Waals surface area contributed by atoms with Gasteiger partial charge in [0.1, 0.15) is 13.3 Å². The van der Waals surface area contributed by atoms with Crippen LogP contribution in [0.4, 0.5) is 13.2 Å². The van der Waals surface area contributed by atoms with Crippen LogP contribution in [0.15, 0.2) is 18.2 Å². The summed E-state index contributed by atoms with van der Waals surface area (Å²) in [7, 11) is 0. The van der Waals surface area contributed by atoms with E-state index in [4.69, 9.17) is 4.74 Å². The molecule has 0 saturated carbocycles. The van der Waals surface area contributed by atoms with E-state index in [2.05, 4.69) is 0 Å². The van der Waals surface area contributed by atoms with Gasteiger partial charge in [0.05, 0.1) is 6.10 Å². The van der Waals surface area contributed by atoms with Crippen LogP contribution in [0.5, 0.6) is 5.75 Å². The van der Waals surface area contributed by atoms with Gasteiger partial charge >= 0.3 is 0 Å². The van der Waals surface area contributed by atoms with E-state index < -0.39 is 30.9 Å². The van der Waals surface area contributed by atoms with E-state index in [0.29, 0.717) is 0 Å². The van der Waals surface area contributed by atoms with Crippen molar-refractivity contribution in [2.24, 2.45) is 0 Å². The lowest BCUT2D eigenvalue weighted by atomic mass is 9.90. The molecule has 16 heavy (non-hydrogen) atoms. The van der Waals surface area contributed by atoms with Crippen molar-refractivity contribution in [3.8, 4) is 5.75 Å². The summed E-state index contributed by atoms with van der Waals surface area (Å²) in [5.74, 6) is -0.973. The van der Waals surface area contributed by atoms with Gasteiger partial charge in [-0.1, -0.05) is 12.1 Å². The average molecular weight is 232 g/mol. The molecular formula is C11H11F3O2. The van der Waals surface area contributed by atoms with E-state index >= 15 is 0 Å². The second-order valence-corrected chi connectivity index (χ2v) is 3.93. The smallest absolute Gasteiger partial charge is 0.168 e. The largest absolute Gasteiger partial charge is 0.478 e. The molecule has 2 rings (SSSR count). The van der Waals surface area contributed by atoms with E-state index in [1.165, 1.54) is 12.1 Å². The second kappa shape index (κ2) is 3.97. The Bertz CT molecular complexity index is 391. The first-order valence-corrected chi connectivity index (χ1v) is 4.89. The van der Waals surface area contributed by atoms with Crippen molar-refractivity contribution in [1.29, 1.82) is 0 Å². The third-order valence-corrected chi connectivity index (χ3v) is 2.73. The van der Waals surface area contributed by atoms with E-state index in [9.17, 15) is 18.3 Å². The van der Waals surface area contributed by atoms with E-state index in [-0.39, 0.29) is 17.7 Å². The molecule has 88 valence electrons. The van der Waals surface area contributed by atoms with Crippen molar-refractivity contribution in [3.05, 3.63) is 29.6 Å². The number of aliphatic hydroxyl groups excluding tert-OH is 1. The molecule has 0 radical (unpaired) electrons. The maximum Gasteiger partial charge on any atom is 0.168 e. The topological polar surface area (TPSA) is 29.5 Å². The molecule has 0 saturated heterocycles. The molecule has 1 aromatic rings. The Kier molecular flexibility index (Phi) is 2.80. The fourth-order valence-corrected chi connectivity index (χ4v) is 1.82. The predicted molar refractivity (Wildman–Crippen MR) is 51.3 cm³/mol. The van der Waals surface area contributed by atoms with Gasteiger partial charge in [-0.15, -0.1) is 0 Å². The molecule has 1 aromatic carbocycles. The van der Waals surface area contributed by atoms with Gasteiger partial charge in [-0.3, -0.25) is 0 Å². The third kappa shape index (κ3) is 1.65. The van der Waals surface area contributed by atoms with E-state index in [1.807, 2.05) is 0 Å². The van der Waals surface area contributed by atoms with Gasteiger partial charge in [0.15, 0.2) is 17.2 Å². The zero-order valence-electron chi connectivity index (χ0n) is 8.42. The highest BCUT2D eigenvalue weighted by Gasteiger charge is 2.42. The monoisotopic (exact) mass is 232 g/mol. The Morgan fingerprint density at radius 1 is 1.38 bits per heavy atom. The van der Waals surface area contributed by atoms with E-state index in [1.54, 1.807) is 0 Å². The number of rotatable bonds is 2. The normalized spacial score (nSPS) is 22.4. The number of benzene rings is 1. The first-order chi connectivity index (χ1) is 7.62. The van der Waals surface area contributed by atoms with Crippen LogP contribution in [-0.4, -0.2) is 24.1 Å². The van der Waals surface area contributed by atoms with Crippen LogP contribution in [0.3, 0.4) is 0 Å². The van der Waals surface area contributed by atoms with Crippen molar-refractivity contribution in [1.82, 2.24) is 0 Å². The van der Waals surface area contributed by atoms with Crippen molar-refractivity contribution in [2.75, 3.05) is 13.3 Å². The summed E-state index contributed by atoms with van der Waals surface area (Å²) in [6.07, 6.45) is -1.32. The zero-order chi connectivity index (χ0) is 11.8. The Morgan fingerprint density at radius 2 is 2.06 bits per heavy atom. The molecule has 0 aromatic heterocycles. The summed E-state index contributed by atoms with van der Waals surface area (Å²) in [5.41, 5.74) is -1.52. The van der Waals surface area contributed by atoms with Gasteiger partial charge in [-0.25, -0.2) is 13.2 Å². The predicted octanol–water partition coefficient (Wildman–Crippen LogP) is 2.32. The molecule has 0 bridgehead atoms. The summed E-state index contributed by atoms with van der Waals surface area (Å²) in [6, 6.07) is 4.01. The minimum Gasteiger partial charge on any atom is -0.478 e. The van der Waals surface area contributed by atoms with Crippen molar-refractivity contribution < 1.29 is 23.0 Å². The molecule has 2 nitrogen and oxygen atoms in total. The van der Waals surface area contributed by atoms with Crippen LogP contribution in [-0.2, 0) is 0 Å². The number of alkyl halides is 2. The fourth-order valence-electron chi connectivity index (χ4n) is 1.82. The summed E-state index contributed by atoms with van der Waals surface area (Å²) in [4.78, 5) is 0. The lowest BCUT2D eigenvalue weighted by molar-refractivity contribution is -0.0469. The molecule has 1 aliphatic heterocycles. The van der Waals surface area contributed by atoms with Gasteiger partial charge in [0, 0.05) is 12.0 Å². The van der Waals surface area contributed by atoms with E-state index in [0.717, 1.165) is 6.07 Å². The third-order valence-electron chi connectivity index (χ3n) is 2.73. The van der Waals surface area contributed by atoms with Gasteiger partial charge < -0.3 is 9.84 Å². The molecule has 1 heterocycles. The summed E-state index contributed by atoms with van der Waals surface area (Å²) >= 11 is 0. The summed E-state index contributed by atoms with van der Waals surface area (Å²) in [5, 5.41) is 9.70. The summed E-state index contributed by atoms with van der Waals surface area (Å²) < 4.78 is 43.9. The number of fused-ring (bicyclic) bond motifs is 1. The van der Waals surface area contributed by atoms with Crippen molar-refractivity contribution in [3.63, 3.8) is 0 Å². The van der Waals surface area contributed by atoms with Crippen LogP contribution in [0, 0.1) is 5.82 Å². The van der Waals surface area contributed by atoms with Crippen LogP contribution in [0.1, 0.15) is 18.1 Å². The molecular weight excluding hydrogens is 221 g/mol. The molecule has 0 amide bonds. The van der Waals surface area contributed by atoms with Crippen LogP contribution in [0.25, 0.3) is 0 Å². The fraction of sp³-hybridized carbons (Fsp3) is 0.455. The molecule has 1 aliphatic rings. The highest BCUT2D eigenvalue weighted by molar-refractivity contribution is 5.39. The van der Waals surface area contributed by atoms with Crippen LogP contribution in [0.2, 0.25) is 0 Å². The molecule has 1 N–H and O–H groups in total. The molecule has 0 fully saturated rings. The molecule has 0 spiro atoms. The number of ether oxygens (including phenoxy) is 1. The highest BCUT2D eigenvalue weighted by atomic mass is 19.1. The number of hydrogen-bond donors (Lipinski definition) is 1. The minimum atomic E-state index is -1.76. The standard InChI is InChI=1S/C11H11F3O2/c12-5-11(6-13)4-9(15)7-2-1-3-8(14)10(7)16-11/h1-3,9,15H,4-6H2. The average Bonchev–Trinajstić information content (AvgIpc) is 2.30. The van der Waals surface area contributed by atoms with Gasteiger partial charge in [0.2, 0.25) is 0 Å². The highest BCUT2D eigenvalue weighted by Crippen LogP contribution is 2.41. The van der Waals surface area contributed by atoms with Gasteiger partial charge in [-0.2, -0.15) is 0 Å². The van der Waals surface area contributed by atoms with Crippen LogP contribution >= 0.6 is 0 Å². The lowest BCUT2D eigenvalue weighted by Gasteiger charge is -2.37. The number of halogens is 3. The number of aliphatic hydroxyl groups is 1. The Hall–Kier alpha value is -1.23. The minimum absolute atomic E-state index is 0.212. The van der Waals surface area contributed by atoms with Crippen LogP contribution < -0.4 is 4.74 Å². The molecule has 5 heteroatoms.